The van der Waals surface area contributed by atoms with Gasteiger partial charge in [-0.3, -0.25) is 4.79 Å². The first-order valence-electron chi connectivity index (χ1n) is 14.0. The van der Waals surface area contributed by atoms with E-state index in [1.807, 2.05) is 24.3 Å². The Balaban J connectivity index is 1.53. The van der Waals surface area contributed by atoms with Crippen LogP contribution >= 0.6 is 0 Å². The molecule has 4 aromatic rings. The van der Waals surface area contributed by atoms with Crippen molar-refractivity contribution < 1.29 is 23.4 Å². The van der Waals surface area contributed by atoms with E-state index in [0.717, 1.165) is 38.4 Å². The number of aromatic nitrogens is 1. The highest BCUT2D eigenvalue weighted by Crippen LogP contribution is 2.39. The standard InChI is InChI=1S/C32H37B2NO5/c1-20(36)21-10-14-24(15-11-21)35-27-16-12-22(33-37-29(2,3)30(4,5)38-33)18-25(27)26-19-23(13-17-28(26)35)34-39-31(6,7)32(8,9)40-34/h10-19H,1-9H3. The summed E-state index contributed by atoms with van der Waals surface area (Å²) in [5.74, 6) is 0.0490. The second kappa shape index (κ2) is 8.80. The second-order valence-electron chi connectivity index (χ2n) is 13.2. The van der Waals surface area contributed by atoms with Crippen molar-refractivity contribution in [2.45, 2.75) is 84.7 Å². The van der Waals surface area contributed by atoms with Crippen molar-refractivity contribution in [1.29, 1.82) is 0 Å². The fourth-order valence-corrected chi connectivity index (χ4v) is 5.43. The van der Waals surface area contributed by atoms with Crippen LogP contribution < -0.4 is 10.9 Å². The molecule has 0 aliphatic carbocycles. The molecule has 2 saturated heterocycles. The molecule has 0 spiro atoms. The van der Waals surface area contributed by atoms with E-state index in [1.54, 1.807) is 6.92 Å². The molecule has 3 heterocycles. The Morgan fingerprint density at radius 2 is 0.975 bits per heavy atom. The Hall–Kier alpha value is -2.90. The van der Waals surface area contributed by atoms with Crippen LogP contribution in [0.1, 0.15) is 72.7 Å². The molecule has 8 heteroatoms. The monoisotopic (exact) mass is 537 g/mol. The van der Waals surface area contributed by atoms with Gasteiger partial charge in [-0.2, -0.15) is 0 Å². The Bertz CT molecular complexity index is 1530. The molecular formula is C32H37B2NO5. The molecule has 3 aromatic carbocycles. The average molecular weight is 537 g/mol. The van der Waals surface area contributed by atoms with E-state index in [-0.39, 0.29) is 5.78 Å². The van der Waals surface area contributed by atoms with Crippen molar-refractivity contribution in [2.75, 3.05) is 0 Å². The molecule has 6 rings (SSSR count). The van der Waals surface area contributed by atoms with Gasteiger partial charge in [0.15, 0.2) is 5.78 Å². The molecule has 2 fully saturated rings. The first-order chi connectivity index (χ1) is 18.6. The molecule has 0 atom stereocenters. The van der Waals surface area contributed by atoms with Gasteiger partial charge in [-0.15, -0.1) is 0 Å². The average Bonchev–Trinajstić information content (AvgIpc) is 3.40. The zero-order valence-corrected chi connectivity index (χ0v) is 24.9. The molecule has 0 bridgehead atoms. The van der Waals surface area contributed by atoms with E-state index in [0.29, 0.717) is 5.56 Å². The molecule has 0 amide bonds. The van der Waals surface area contributed by atoms with Gasteiger partial charge in [0, 0.05) is 22.0 Å². The molecule has 0 saturated carbocycles. The van der Waals surface area contributed by atoms with E-state index in [4.69, 9.17) is 18.6 Å². The summed E-state index contributed by atoms with van der Waals surface area (Å²) in [6.07, 6.45) is 0. The van der Waals surface area contributed by atoms with Gasteiger partial charge in [-0.05, 0) is 110 Å². The van der Waals surface area contributed by atoms with Crippen LogP contribution in [0.3, 0.4) is 0 Å². The maximum absolute atomic E-state index is 11.9. The Morgan fingerprint density at radius 3 is 1.32 bits per heavy atom. The van der Waals surface area contributed by atoms with Gasteiger partial charge in [0.25, 0.3) is 0 Å². The summed E-state index contributed by atoms with van der Waals surface area (Å²) in [6, 6.07) is 20.5. The van der Waals surface area contributed by atoms with Crippen molar-refractivity contribution in [3.63, 3.8) is 0 Å². The summed E-state index contributed by atoms with van der Waals surface area (Å²) >= 11 is 0. The fourth-order valence-electron chi connectivity index (χ4n) is 5.43. The minimum atomic E-state index is -0.464. The number of hydrogen-bond donors (Lipinski definition) is 0. The van der Waals surface area contributed by atoms with Crippen LogP contribution in [0.15, 0.2) is 60.7 Å². The smallest absolute Gasteiger partial charge is 0.399 e. The van der Waals surface area contributed by atoms with Gasteiger partial charge in [-0.25, -0.2) is 0 Å². The van der Waals surface area contributed by atoms with E-state index in [9.17, 15) is 4.79 Å². The maximum Gasteiger partial charge on any atom is 0.494 e. The molecule has 0 radical (unpaired) electrons. The third-order valence-electron chi connectivity index (χ3n) is 9.40. The summed E-state index contributed by atoms with van der Waals surface area (Å²) in [5, 5.41) is 2.16. The molecular weight excluding hydrogens is 500 g/mol. The van der Waals surface area contributed by atoms with Crippen molar-refractivity contribution in [3.8, 4) is 5.69 Å². The molecule has 0 unspecified atom stereocenters. The SMILES string of the molecule is CC(=O)c1ccc(-n2c3ccc(B4OC(C)(C)C(C)(C)O4)cc3c3cc(B4OC(C)(C)C(C)(C)O4)ccc32)cc1. The van der Waals surface area contributed by atoms with E-state index in [1.165, 1.54) is 0 Å². The minimum absolute atomic E-state index is 0.0490. The molecule has 2 aliphatic heterocycles. The minimum Gasteiger partial charge on any atom is -0.399 e. The Kier molecular flexibility index (Phi) is 6.00. The number of Topliss-reactive ketones (excluding diaryl/α,β-unsaturated/α-hetero) is 1. The zero-order chi connectivity index (χ0) is 28.8. The largest absolute Gasteiger partial charge is 0.494 e. The Morgan fingerprint density at radius 1 is 0.600 bits per heavy atom. The summed E-state index contributed by atoms with van der Waals surface area (Å²) < 4.78 is 27.8. The van der Waals surface area contributed by atoms with Crippen molar-refractivity contribution in [1.82, 2.24) is 4.57 Å². The summed E-state index contributed by atoms with van der Waals surface area (Å²) in [7, 11) is -0.928. The lowest BCUT2D eigenvalue weighted by Gasteiger charge is -2.32. The zero-order valence-electron chi connectivity index (χ0n) is 24.9. The van der Waals surface area contributed by atoms with Gasteiger partial charge >= 0.3 is 14.2 Å². The molecule has 40 heavy (non-hydrogen) atoms. The van der Waals surface area contributed by atoms with Gasteiger partial charge in [0.1, 0.15) is 0 Å². The van der Waals surface area contributed by atoms with Crippen LogP contribution in [-0.2, 0) is 18.6 Å². The van der Waals surface area contributed by atoms with Gasteiger partial charge in [0.05, 0.1) is 33.4 Å². The lowest BCUT2D eigenvalue weighted by atomic mass is 9.77. The van der Waals surface area contributed by atoms with Crippen LogP contribution in [0, 0.1) is 0 Å². The van der Waals surface area contributed by atoms with Crippen LogP contribution in [-0.4, -0.2) is 47.0 Å². The number of hydrogen-bond acceptors (Lipinski definition) is 5. The van der Waals surface area contributed by atoms with Crippen molar-refractivity contribution in [3.05, 3.63) is 66.2 Å². The normalized spacial score (nSPS) is 21.0. The highest BCUT2D eigenvalue weighted by Gasteiger charge is 2.53. The van der Waals surface area contributed by atoms with Crippen LogP contribution in [0.25, 0.3) is 27.5 Å². The molecule has 1 aromatic heterocycles. The number of fused-ring (bicyclic) bond motifs is 3. The summed E-state index contributed by atoms with van der Waals surface area (Å²) in [5.41, 5.74) is 4.01. The summed E-state index contributed by atoms with van der Waals surface area (Å²) in [6.45, 7) is 18.1. The maximum atomic E-state index is 11.9. The lowest BCUT2D eigenvalue weighted by molar-refractivity contribution is 0.00578. The number of nitrogens with zero attached hydrogens (tertiary/aromatic N) is 1. The number of ketones is 1. The van der Waals surface area contributed by atoms with Crippen LogP contribution in [0.4, 0.5) is 0 Å². The number of carbonyl (C=O) groups excluding carboxylic acids is 1. The lowest BCUT2D eigenvalue weighted by Crippen LogP contribution is -2.41. The number of carbonyl (C=O) groups is 1. The second-order valence-corrected chi connectivity index (χ2v) is 13.2. The van der Waals surface area contributed by atoms with Crippen molar-refractivity contribution >= 4 is 52.8 Å². The first-order valence-corrected chi connectivity index (χ1v) is 14.0. The van der Waals surface area contributed by atoms with E-state index in [2.05, 4.69) is 96.4 Å². The Labute approximate surface area is 237 Å². The predicted molar refractivity (Wildman–Crippen MR) is 162 cm³/mol. The summed E-state index contributed by atoms with van der Waals surface area (Å²) in [4.78, 5) is 11.9. The van der Waals surface area contributed by atoms with Gasteiger partial charge < -0.3 is 23.2 Å². The third kappa shape index (κ3) is 4.16. The fraction of sp³-hybridized carbons (Fsp3) is 0.406. The predicted octanol–water partition coefficient (Wildman–Crippen LogP) is 5.58. The number of benzene rings is 3. The van der Waals surface area contributed by atoms with Crippen LogP contribution in [0.5, 0.6) is 0 Å². The van der Waals surface area contributed by atoms with E-state index < -0.39 is 36.6 Å². The molecule has 206 valence electrons. The highest BCUT2D eigenvalue weighted by atomic mass is 16.7. The third-order valence-corrected chi connectivity index (χ3v) is 9.40. The van der Waals surface area contributed by atoms with Gasteiger partial charge in [-0.1, -0.05) is 24.3 Å². The van der Waals surface area contributed by atoms with Gasteiger partial charge in [0.2, 0.25) is 0 Å². The number of rotatable bonds is 4. The first kappa shape index (κ1) is 27.3. The van der Waals surface area contributed by atoms with Crippen molar-refractivity contribution in [2.24, 2.45) is 0 Å². The van der Waals surface area contributed by atoms with E-state index >= 15 is 0 Å². The van der Waals surface area contributed by atoms with Crippen LogP contribution in [0.2, 0.25) is 0 Å². The highest BCUT2D eigenvalue weighted by molar-refractivity contribution is 6.63. The molecule has 6 nitrogen and oxygen atoms in total. The topological polar surface area (TPSA) is 58.9 Å². The quantitative estimate of drug-likeness (QED) is 0.251. The molecule has 2 aliphatic rings. The molecule has 0 N–H and O–H groups in total.